The molecule has 0 aliphatic rings. The molecule has 0 radical (unpaired) electrons. The van der Waals surface area contributed by atoms with Gasteiger partial charge in [0.15, 0.2) is 0 Å². The number of carbonyl (C=O) groups excluding carboxylic acids is 1. The van der Waals surface area contributed by atoms with Crippen molar-refractivity contribution >= 4 is 11.7 Å². The molecule has 5 heteroatoms. The van der Waals surface area contributed by atoms with Crippen LogP contribution in [0.2, 0.25) is 0 Å². The first kappa shape index (κ1) is 16.2. The Kier molecular flexibility index (Phi) is 5.48. The van der Waals surface area contributed by atoms with Gasteiger partial charge in [0.1, 0.15) is 11.9 Å². The number of nitrogens with one attached hydrogen (secondary N) is 1. The molecule has 2 aromatic carbocycles. The van der Waals surface area contributed by atoms with Gasteiger partial charge in [0, 0.05) is 13.1 Å². The summed E-state index contributed by atoms with van der Waals surface area (Å²) in [5, 5.41) is 11.7. The van der Waals surface area contributed by atoms with Crippen molar-refractivity contribution in [3.8, 4) is 6.07 Å². The monoisotopic (exact) mass is 309 g/mol. The lowest BCUT2D eigenvalue weighted by Crippen LogP contribution is -2.34. The van der Waals surface area contributed by atoms with Crippen LogP contribution in [0.4, 0.5) is 14.9 Å². The average molecular weight is 309 g/mol. The van der Waals surface area contributed by atoms with E-state index in [2.05, 4.69) is 11.9 Å². The number of nitrogens with zero attached hydrogens (tertiary/aromatic N) is 2. The predicted octanol–water partition coefficient (Wildman–Crippen LogP) is 3.92. The maximum atomic E-state index is 13.2. The van der Waals surface area contributed by atoms with Crippen molar-refractivity contribution in [3.63, 3.8) is 0 Å². The first-order valence-corrected chi connectivity index (χ1v) is 7.04. The molecule has 0 fully saturated rings. The van der Waals surface area contributed by atoms with E-state index in [0.29, 0.717) is 13.1 Å². The molecule has 4 nitrogen and oxygen atoms in total. The highest BCUT2D eigenvalue weighted by Crippen LogP contribution is 2.17. The summed E-state index contributed by atoms with van der Waals surface area (Å²) in [5.74, 6) is -0.521. The van der Waals surface area contributed by atoms with Gasteiger partial charge in [0.25, 0.3) is 0 Å². The molecule has 0 aromatic heterocycles. The quantitative estimate of drug-likeness (QED) is 0.851. The molecule has 0 heterocycles. The van der Waals surface area contributed by atoms with Gasteiger partial charge in [-0.3, -0.25) is 0 Å². The van der Waals surface area contributed by atoms with Crippen LogP contribution in [0.15, 0.2) is 61.2 Å². The Balaban J connectivity index is 2.15. The van der Waals surface area contributed by atoms with Gasteiger partial charge >= 0.3 is 6.03 Å². The van der Waals surface area contributed by atoms with E-state index in [1.54, 1.807) is 11.0 Å². The first-order chi connectivity index (χ1) is 11.1. The molecular formula is C18H16FN3O. The third kappa shape index (κ3) is 4.42. The molecule has 0 aliphatic heterocycles. The molecule has 0 spiro atoms. The number of carbonyl (C=O) groups is 1. The lowest BCUT2D eigenvalue weighted by Gasteiger charge is -2.22. The maximum Gasteiger partial charge on any atom is 0.322 e. The molecule has 0 aliphatic carbocycles. The second-order valence-electron chi connectivity index (χ2n) is 4.89. The van der Waals surface area contributed by atoms with Crippen molar-refractivity contribution < 1.29 is 9.18 Å². The summed E-state index contributed by atoms with van der Waals surface area (Å²) >= 11 is 0. The summed E-state index contributed by atoms with van der Waals surface area (Å²) in [6.45, 7) is 4.41. The molecule has 0 atom stereocenters. The number of anilines is 1. The highest BCUT2D eigenvalue weighted by atomic mass is 19.1. The van der Waals surface area contributed by atoms with Gasteiger partial charge in [-0.2, -0.15) is 5.26 Å². The van der Waals surface area contributed by atoms with E-state index in [4.69, 9.17) is 5.26 Å². The van der Waals surface area contributed by atoms with Crippen LogP contribution in [0.25, 0.3) is 0 Å². The van der Waals surface area contributed by atoms with Gasteiger partial charge in [-0.15, -0.1) is 6.58 Å². The van der Waals surface area contributed by atoms with E-state index in [9.17, 15) is 9.18 Å². The molecule has 1 N–H and O–H groups in total. The largest absolute Gasteiger partial charge is 0.322 e. The highest BCUT2D eigenvalue weighted by Gasteiger charge is 2.15. The summed E-state index contributed by atoms with van der Waals surface area (Å²) in [7, 11) is 0. The third-order valence-corrected chi connectivity index (χ3v) is 3.20. The number of amides is 2. The van der Waals surface area contributed by atoms with Gasteiger partial charge in [-0.25, -0.2) is 9.18 Å². The van der Waals surface area contributed by atoms with Crippen molar-refractivity contribution in [1.29, 1.82) is 5.26 Å². The zero-order chi connectivity index (χ0) is 16.7. The van der Waals surface area contributed by atoms with Crippen molar-refractivity contribution in [2.24, 2.45) is 0 Å². The van der Waals surface area contributed by atoms with E-state index in [1.165, 1.54) is 12.1 Å². The SMILES string of the molecule is C=CCN(Cc1ccccc1)C(=O)Nc1ccc(F)cc1C#N. The van der Waals surface area contributed by atoms with Gasteiger partial charge in [0.2, 0.25) is 0 Å². The third-order valence-electron chi connectivity index (χ3n) is 3.20. The molecule has 0 bridgehead atoms. The molecule has 2 aromatic rings. The Morgan fingerprint density at radius 2 is 2.04 bits per heavy atom. The molecule has 23 heavy (non-hydrogen) atoms. The second kappa shape index (κ2) is 7.76. The Bertz CT molecular complexity index is 738. The van der Waals surface area contributed by atoms with E-state index >= 15 is 0 Å². The summed E-state index contributed by atoms with van der Waals surface area (Å²) in [6, 6.07) is 14.7. The topological polar surface area (TPSA) is 56.1 Å². The molecule has 0 saturated carbocycles. The maximum absolute atomic E-state index is 13.2. The first-order valence-electron chi connectivity index (χ1n) is 7.04. The van der Waals surface area contributed by atoms with Crippen LogP contribution in [0.3, 0.4) is 0 Å². The van der Waals surface area contributed by atoms with E-state index < -0.39 is 5.82 Å². The molecule has 116 valence electrons. The summed E-state index contributed by atoms with van der Waals surface area (Å²) < 4.78 is 13.2. The normalized spacial score (nSPS) is 9.74. The molecule has 2 amide bonds. The van der Waals surface area contributed by atoms with Crippen LogP contribution >= 0.6 is 0 Å². The number of urea groups is 1. The Morgan fingerprint density at radius 1 is 1.30 bits per heavy atom. The number of nitriles is 1. The van der Waals surface area contributed by atoms with Gasteiger partial charge in [-0.05, 0) is 23.8 Å². The van der Waals surface area contributed by atoms with E-state index in [-0.39, 0.29) is 17.3 Å². The Hall–Kier alpha value is -3.13. The minimum absolute atomic E-state index is 0.0802. The molecular weight excluding hydrogens is 293 g/mol. The van der Waals surface area contributed by atoms with Crippen LogP contribution in [-0.4, -0.2) is 17.5 Å². The van der Waals surface area contributed by atoms with Crippen molar-refractivity contribution in [3.05, 3.63) is 78.1 Å². The van der Waals surface area contributed by atoms with Crippen LogP contribution in [0.1, 0.15) is 11.1 Å². The fraction of sp³-hybridized carbons (Fsp3) is 0.111. The van der Waals surface area contributed by atoms with Crippen molar-refractivity contribution in [1.82, 2.24) is 4.90 Å². The van der Waals surface area contributed by atoms with Gasteiger partial charge in [0.05, 0.1) is 11.3 Å². The second-order valence-corrected chi connectivity index (χ2v) is 4.89. The number of hydrogen-bond acceptors (Lipinski definition) is 2. The average Bonchev–Trinajstić information content (AvgIpc) is 2.57. The molecule has 0 unspecified atom stereocenters. The minimum atomic E-state index is -0.521. The standard InChI is InChI=1S/C18H16FN3O/c1-2-10-22(13-14-6-4-3-5-7-14)18(23)21-17-9-8-16(19)11-15(17)12-20/h2-9,11H,1,10,13H2,(H,21,23). The number of hydrogen-bond donors (Lipinski definition) is 1. The number of benzene rings is 2. The predicted molar refractivity (Wildman–Crippen MR) is 87.2 cm³/mol. The number of rotatable bonds is 5. The highest BCUT2D eigenvalue weighted by molar-refractivity contribution is 5.90. The summed E-state index contributed by atoms with van der Waals surface area (Å²) in [5.41, 5.74) is 1.33. The van der Waals surface area contributed by atoms with Crippen LogP contribution < -0.4 is 5.32 Å². The molecule has 0 saturated heterocycles. The van der Waals surface area contributed by atoms with Crippen molar-refractivity contribution in [2.75, 3.05) is 11.9 Å². The fourth-order valence-electron chi connectivity index (χ4n) is 2.09. The van der Waals surface area contributed by atoms with Crippen molar-refractivity contribution in [2.45, 2.75) is 6.54 Å². The lowest BCUT2D eigenvalue weighted by molar-refractivity contribution is 0.215. The minimum Gasteiger partial charge on any atom is -0.316 e. The Labute approximate surface area is 134 Å². The van der Waals surface area contributed by atoms with Gasteiger partial charge in [-0.1, -0.05) is 36.4 Å². The lowest BCUT2D eigenvalue weighted by atomic mass is 10.2. The molecule has 2 rings (SSSR count). The van der Waals surface area contributed by atoms with E-state index in [1.807, 2.05) is 36.4 Å². The smallest absolute Gasteiger partial charge is 0.316 e. The van der Waals surface area contributed by atoms with E-state index in [0.717, 1.165) is 11.6 Å². The fourth-order valence-corrected chi connectivity index (χ4v) is 2.09. The van der Waals surface area contributed by atoms with Gasteiger partial charge < -0.3 is 10.2 Å². The zero-order valence-electron chi connectivity index (χ0n) is 12.5. The van der Waals surface area contributed by atoms with Crippen LogP contribution in [0.5, 0.6) is 0 Å². The zero-order valence-corrected chi connectivity index (χ0v) is 12.5. The van der Waals surface area contributed by atoms with Crippen LogP contribution in [-0.2, 0) is 6.54 Å². The summed E-state index contributed by atoms with van der Waals surface area (Å²) in [6.07, 6.45) is 1.62. The summed E-state index contributed by atoms with van der Waals surface area (Å²) in [4.78, 5) is 14.0. The van der Waals surface area contributed by atoms with Crippen LogP contribution in [0, 0.1) is 17.1 Å². The Morgan fingerprint density at radius 3 is 2.70 bits per heavy atom. The number of halogens is 1.